The number of rotatable bonds is 0. The summed E-state index contributed by atoms with van der Waals surface area (Å²) in [5, 5.41) is -11.1. The molecule has 0 aliphatic heterocycles. The summed E-state index contributed by atoms with van der Waals surface area (Å²) < 4.78 is 68.6. The van der Waals surface area contributed by atoms with Gasteiger partial charge in [-0.3, -0.25) is 0 Å². The normalized spacial score (nSPS) is 15.3. The molecule has 0 spiro atoms. The summed E-state index contributed by atoms with van der Waals surface area (Å²) >= 11 is -6.68. The van der Waals surface area contributed by atoms with Crippen LogP contribution in [0.5, 0.6) is 0 Å². The number of halogens is 8. The van der Waals surface area contributed by atoms with Gasteiger partial charge in [-0.2, -0.15) is 0 Å². The molecule has 0 aliphatic rings. The van der Waals surface area contributed by atoms with Crippen molar-refractivity contribution in [3.8, 4) is 0 Å². The minimum atomic E-state index is -6.68. The van der Waals surface area contributed by atoms with Crippen LogP contribution < -0.4 is 0 Å². The third-order valence-corrected chi connectivity index (χ3v) is 8.15. The molecule has 9 heteroatoms. The molecule has 0 unspecified atom stereocenters. The minimum absolute atomic E-state index is 4.19. The van der Waals surface area contributed by atoms with E-state index in [0.29, 0.717) is 0 Å². The third kappa shape index (κ3) is 2.32. The zero-order valence-corrected chi connectivity index (χ0v) is 8.13. The van der Waals surface area contributed by atoms with E-state index in [2.05, 4.69) is 20.0 Å². The van der Waals surface area contributed by atoms with Crippen LogP contribution in [0.25, 0.3) is 0 Å². The van der Waals surface area contributed by atoms with E-state index in [-0.39, 0.29) is 0 Å². The second kappa shape index (κ2) is 2.88. The molecule has 11 heavy (non-hydrogen) atoms. The van der Waals surface area contributed by atoms with Crippen LogP contribution in [0.1, 0.15) is 0 Å². The number of hydrogen-bond acceptors (Lipinski definition) is 0. The van der Waals surface area contributed by atoms with Crippen molar-refractivity contribution in [1.82, 2.24) is 0 Å². The molecule has 0 amide bonds. The Labute approximate surface area is 68.2 Å². The van der Waals surface area contributed by atoms with Crippen molar-refractivity contribution in [2.45, 2.75) is 10.0 Å². The Hall–Kier alpha value is 0.703. The van der Waals surface area contributed by atoms with Crippen LogP contribution in [-0.4, -0.2) is 21.4 Å². The van der Waals surface area contributed by atoms with E-state index < -0.39 is 21.4 Å². The SMILES string of the molecule is F[C](F)(F)[Ge]([Cl])([Cl])[C](F)(F)F. The van der Waals surface area contributed by atoms with Gasteiger partial charge in [0.2, 0.25) is 0 Å². The summed E-state index contributed by atoms with van der Waals surface area (Å²) in [7, 11) is 8.38. The summed E-state index contributed by atoms with van der Waals surface area (Å²) in [6.45, 7) is 0. The van der Waals surface area contributed by atoms with Crippen molar-refractivity contribution >= 4 is 31.4 Å². The summed E-state index contributed by atoms with van der Waals surface area (Å²) in [5.74, 6) is 0. The molecule has 0 heterocycles. The fraction of sp³-hybridized carbons (Fsp3) is 1.00. The Morgan fingerprint density at radius 2 is 0.909 bits per heavy atom. The Balaban J connectivity index is 4.75. The van der Waals surface area contributed by atoms with Crippen LogP contribution in [0, 0.1) is 0 Å². The summed E-state index contributed by atoms with van der Waals surface area (Å²) in [5.41, 5.74) is 0. The number of hydrogen-bond donors (Lipinski definition) is 0. The van der Waals surface area contributed by atoms with Crippen molar-refractivity contribution in [3.05, 3.63) is 0 Å². The first-order valence-corrected chi connectivity index (χ1v) is 9.62. The first-order chi connectivity index (χ1) is 4.50. The molecule has 0 atom stereocenters. The van der Waals surface area contributed by atoms with E-state index in [0.717, 1.165) is 0 Å². The molecular weight excluding hydrogens is 282 g/mol. The monoisotopic (exact) mass is 282 g/mol. The van der Waals surface area contributed by atoms with Gasteiger partial charge in [-0.15, -0.1) is 0 Å². The molecule has 0 saturated carbocycles. The average molecular weight is 282 g/mol. The standard InChI is InChI=1S/C2Cl2F6Ge/c3-11(4,1(5,6)7)2(8,9)10. The molecule has 0 aliphatic carbocycles. The van der Waals surface area contributed by atoms with Gasteiger partial charge < -0.3 is 0 Å². The van der Waals surface area contributed by atoms with Gasteiger partial charge in [-0.25, -0.2) is 0 Å². The Kier molecular flexibility index (Phi) is 3.06. The third-order valence-electron chi connectivity index (χ3n) is 0.712. The van der Waals surface area contributed by atoms with Gasteiger partial charge in [0.05, 0.1) is 0 Å². The Morgan fingerprint density at radius 1 is 0.727 bits per heavy atom. The zero-order valence-electron chi connectivity index (χ0n) is 4.52. The molecule has 0 saturated heterocycles. The second-order valence-electron chi connectivity index (χ2n) is 1.57. The van der Waals surface area contributed by atoms with Crippen molar-refractivity contribution in [1.29, 1.82) is 0 Å². The molecule has 0 fully saturated rings. The molecule has 68 valence electrons. The van der Waals surface area contributed by atoms with E-state index >= 15 is 0 Å². The predicted molar refractivity (Wildman–Crippen MR) is 29.6 cm³/mol. The zero-order chi connectivity index (χ0) is 9.50. The van der Waals surface area contributed by atoms with Gasteiger partial charge in [0.1, 0.15) is 0 Å². The molecule has 0 aromatic heterocycles. The summed E-state index contributed by atoms with van der Waals surface area (Å²) in [6.07, 6.45) is 0. The van der Waals surface area contributed by atoms with Crippen molar-refractivity contribution in [3.63, 3.8) is 0 Å². The predicted octanol–water partition coefficient (Wildman–Crippen LogP) is 3.11. The fourth-order valence-electron chi connectivity index (χ4n) is 0.161. The van der Waals surface area contributed by atoms with E-state index in [4.69, 9.17) is 0 Å². The van der Waals surface area contributed by atoms with Gasteiger partial charge in [0.15, 0.2) is 0 Å². The first kappa shape index (κ1) is 11.7. The number of alkyl halides is 6. The maximum atomic E-state index is 11.4. The van der Waals surface area contributed by atoms with E-state index in [1.165, 1.54) is 0 Å². The molecule has 0 aromatic carbocycles. The molecule has 0 radical (unpaired) electrons. The van der Waals surface area contributed by atoms with Crippen molar-refractivity contribution < 1.29 is 26.3 Å². The van der Waals surface area contributed by atoms with Gasteiger partial charge in [0.25, 0.3) is 0 Å². The Bertz CT molecular complexity index is 130. The van der Waals surface area contributed by atoms with Gasteiger partial charge in [0, 0.05) is 0 Å². The summed E-state index contributed by atoms with van der Waals surface area (Å²) in [4.78, 5) is 0. The first-order valence-electron chi connectivity index (χ1n) is 2.01. The second-order valence-corrected chi connectivity index (χ2v) is 13.3. The van der Waals surface area contributed by atoms with Gasteiger partial charge in [-0.1, -0.05) is 0 Å². The van der Waals surface area contributed by atoms with Gasteiger partial charge in [-0.05, 0) is 0 Å². The van der Waals surface area contributed by atoms with Gasteiger partial charge >= 0.3 is 67.8 Å². The van der Waals surface area contributed by atoms with Crippen LogP contribution in [0.15, 0.2) is 0 Å². The van der Waals surface area contributed by atoms with Crippen molar-refractivity contribution in [2.75, 3.05) is 0 Å². The van der Waals surface area contributed by atoms with Crippen LogP contribution in [0.2, 0.25) is 0 Å². The molecule has 0 N–H and O–H groups in total. The molecule has 0 rings (SSSR count). The average Bonchev–Trinajstić information content (AvgIpc) is 1.58. The van der Waals surface area contributed by atoms with Crippen LogP contribution in [-0.2, 0) is 0 Å². The molecular formula is C2Cl2F6Ge. The van der Waals surface area contributed by atoms with Crippen LogP contribution >= 0.6 is 20.0 Å². The van der Waals surface area contributed by atoms with E-state index in [9.17, 15) is 26.3 Å². The molecule has 0 aromatic rings. The van der Waals surface area contributed by atoms with Crippen molar-refractivity contribution in [2.24, 2.45) is 0 Å². The van der Waals surface area contributed by atoms with E-state index in [1.807, 2.05) is 0 Å². The maximum absolute atomic E-state index is 11.4. The van der Waals surface area contributed by atoms with E-state index in [1.54, 1.807) is 0 Å². The Morgan fingerprint density at radius 3 is 0.909 bits per heavy atom. The molecule has 0 nitrogen and oxygen atoms in total. The van der Waals surface area contributed by atoms with Crippen LogP contribution in [0.4, 0.5) is 26.3 Å². The molecule has 0 bridgehead atoms. The fourth-order valence-corrected chi connectivity index (χ4v) is 0.835. The topological polar surface area (TPSA) is 0 Å². The summed E-state index contributed by atoms with van der Waals surface area (Å²) in [6, 6.07) is 0. The quantitative estimate of drug-likeness (QED) is 0.473. The van der Waals surface area contributed by atoms with Crippen LogP contribution in [0.3, 0.4) is 0 Å².